The third kappa shape index (κ3) is 1.92. The molecule has 0 amide bonds. The monoisotopic (exact) mass is 243 g/mol. The Morgan fingerprint density at radius 2 is 1.47 bits per heavy atom. The Morgan fingerprint density at radius 3 is 1.80 bits per heavy atom. The van der Waals surface area contributed by atoms with Crippen LogP contribution in [-0.4, -0.2) is 11.7 Å². The summed E-state index contributed by atoms with van der Waals surface area (Å²) in [5.74, 6) is -6.98. The highest BCUT2D eigenvalue weighted by Gasteiger charge is 2.27. The molecule has 3 N–H and O–H groups in total. The summed E-state index contributed by atoms with van der Waals surface area (Å²) in [6.45, 7) is -0.575. The predicted molar refractivity (Wildman–Crippen MR) is 45.3 cm³/mol. The summed E-state index contributed by atoms with van der Waals surface area (Å²) in [4.78, 5) is 0. The standard InChI is InChI=1S/C8H6ClF4NO/c9-4-7(12)5(10)3(2(15)1-14)6(11)8(4)13/h2,15H,1,14H2. The van der Waals surface area contributed by atoms with Crippen LogP contribution in [0.5, 0.6) is 0 Å². The van der Waals surface area contributed by atoms with Gasteiger partial charge >= 0.3 is 0 Å². The molecule has 0 aliphatic rings. The molecule has 1 atom stereocenters. The number of rotatable bonds is 2. The third-order valence-electron chi connectivity index (χ3n) is 1.80. The van der Waals surface area contributed by atoms with Crippen molar-refractivity contribution >= 4 is 11.6 Å². The average molecular weight is 244 g/mol. The second-order valence-electron chi connectivity index (χ2n) is 2.74. The van der Waals surface area contributed by atoms with Gasteiger partial charge in [-0.05, 0) is 0 Å². The molecule has 0 aromatic heterocycles. The molecule has 0 aliphatic heterocycles. The topological polar surface area (TPSA) is 46.2 Å². The van der Waals surface area contributed by atoms with Crippen LogP contribution < -0.4 is 5.73 Å². The molecule has 84 valence electrons. The van der Waals surface area contributed by atoms with Gasteiger partial charge < -0.3 is 10.8 Å². The van der Waals surface area contributed by atoms with Gasteiger partial charge in [0.1, 0.15) is 5.02 Å². The lowest BCUT2D eigenvalue weighted by molar-refractivity contribution is 0.173. The minimum absolute atomic E-state index is 0.575. The molecular weight excluding hydrogens is 238 g/mol. The first-order valence-electron chi connectivity index (χ1n) is 3.81. The van der Waals surface area contributed by atoms with Gasteiger partial charge in [-0.15, -0.1) is 0 Å². The Kier molecular flexibility index (Phi) is 3.54. The molecule has 0 spiro atoms. The third-order valence-corrected chi connectivity index (χ3v) is 2.13. The summed E-state index contributed by atoms with van der Waals surface area (Å²) in [5, 5.41) is 7.76. The summed E-state index contributed by atoms with van der Waals surface area (Å²) in [7, 11) is 0. The SMILES string of the molecule is NCC(O)c1c(F)c(F)c(Cl)c(F)c1F. The zero-order valence-electron chi connectivity index (χ0n) is 7.20. The predicted octanol–water partition coefficient (Wildman–Crippen LogP) is 1.89. The van der Waals surface area contributed by atoms with E-state index in [1.165, 1.54) is 0 Å². The van der Waals surface area contributed by atoms with Crippen molar-refractivity contribution in [3.63, 3.8) is 0 Å². The van der Waals surface area contributed by atoms with Gasteiger partial charge in [-0.1, -0.05) is 11.6 Å². The van der Waals surface area contributed by atoms with Crippen molar-refractivity contribution in [2.75, 3.05) is 6.54 Å². The minimum Gasteiger partial charge on any atom is -0.387 e. The van der Waals surface area contributed by atoms with E-state index in [1.807, 2.05) is 0 Å². The fourth-order valence-corrected chi connectivity index (χ4v) is 1.20. The summed E-state index contributed by atoms with van der Waals surface area (Å²) in [6.07, 6.45) is -1.83. The number of nitrogens with two attached hydrogens (primary N) is 1. The van der Waals surface area contributed by atoms with Crippen molar-refractivity contribution in [2.24, 2.45) is 5.73 Å². The molecule has 1 aromatic rings. The van der Waals surface area contributed by atoms with E-state index < -0.39 is 46.5 Å². The molecule has 0 fully saturated rings. The normalized spacial score (nSPS) is 13.0. The molecule has 2 nitrogen and oxygen atoms in total. The van der Waals surface area contributed by atoms with Crippen molar-refractivity contribution in [1.29, 1.82) is 0 Å². The molecule has 1 aromatic carbocycles. The van der Waals surface area contributed by atoms with Gasteiger partial charge in [-0.25, -0.2) is 17.6 Å². The van der Waals surface area contributed by atoms with Crippen LogP contribution >= 0.6 is 11.6 Å². The van der Waals surface area contributed by atoms with Crippen molar-refractivity contribution in [1.82, 2.24) is 0 Å². The Morgan fingerprint density at radius 1 is 1.07 bits per heavy atom. The Hall–Kier alpha value is -0.850. The summed E-state index contributed by atoms with van der Waals surface area (Å²) < 4.78 is 51.8. The van der Waals surface area contributed by atoms with E-state index >= 15 is 0 Å². The lowest BCUT2D eigenvalue weighted by atomic mass is 10.1. The fraction of sp³-hybridized carbons (Fsp3) is 0.250. The van der Waals surface area contributed by atoms with Crippen molar-refractivity contribution in [2.45, 2.75) is 6.10 Å². The van der Waals surface area contributed by atoms with E-state index in [-0.39, 0.29) is 0 Å². The molecule has 0 saturated carbocycles. The molecule has 0 saturated heterocycles. The van der Waals surface area contributed by atoms with E-state index in [2.05, 4.69) is 0 Å². The van der Waals surface area contributed by atoms with Crippen molar-refractivity contribution in [3.8, 4) is 0 Å². The van der Waals surface area contributed by atoms with Crippen LogP contribution in [0.1, 0.15) is 11.7 Å². The lowest BCUT2D eigenvalue weighted by Gasteiger charge is -2.12. The Labute approximate surface area is 87.3 Å². The number of aliphatic hydroxyl groups is 1. The molecule has 1 unspecified atom stereocenters. The van der Waals surface area contributed by atoms with E-state index in [9.17, 15) is 17.6 Å². The Bertz CT molecular complexity index is 370. The quantitative estimate of drug-likeness (QED) is 0.473. The molecule has 0 heterocycles. The highest BCUT2D eigenvalue weighted by atomic mass is 35.5. The van der Waals surface area contributed by atoms with Crippen molar-refractivity contribution < 1.29 is 22.7 Å². The second kappa shape index (κ2) is 4.34. The Balaban J connectivity index is 3.52. The summed E-state index contributed by atoms with van der Waals surface area (Å²) in [5.41, 5.74) is 3.76. The zero-order chi connectivity index (χ0) is 11.7. The smallest absolute Gasteiger partial charge is 0.180 e. The van der Waals surface area contributed by atoms with Gasteiger partial charge in [0, 0.05) is 6.54 Å². The van der Waals surface area contributed by atoms with Crippen LogP contribution in [0.2, 0.25) is 5.02 Å². The van der Waals surface area contributed by atoms with Gasteiger partial charge in [0.05, 0.1) is 11.7 Å². The number of benzene rings is 1. The molecule has 1 rings (SSSR count). The highest BCUT2D eigenvalue weighted by Crippen LogP contribution is 2.30. The van der Waals surface area contributed by atoms with Crippen LogP contribution in [0.4, 0.5) is 17.6 Å². The maximum absolute atomic E-state index is 13.1. The largest absolute Gasteiger partial charge is 0.387 e. The van der Waals surface area contributed by atoms with Crippen LogP contribution in [0, 0.1) is 23.3 Å². The van der Waals surface area contributed by atoms with Gasteiger partial charge in [0.2, 0.25) is 0 Å². The fourth-order valence-electron chi connectivity index (χ4n) is 1.03. The van der Waals surface area contributed by atoms with Crippen LogP contribution in [-0.2, 0) is 0 Å². The summed E-state index contributed by atoms with van der Waals surface area (Å²) >= 11 is 4.97. The van der Waals surface area contributed by atoms with E-state index in [0.29, 0.717) is 0 Å². The van der Waals surface area contributed by atoms with Gasteiger partial charge in [0.25, 0.3) is 0 Å². The molecule has 7 heteroatoms. The average Bonchev–Trinajstić information content (AvgIpc) is 2.23. The molecule has 0 bridgehead atoms. The summed E-state index contributed by atoms with van der Waals surface area (Å²) in [6, 6.07) is 0. The van der Waals surface area contributed by atoms with Gasteiger partial charge in [-0.3, -0.25) is 0 Å². The molecule has 15 heavy (non-hydrogen) atoms. The molecule has 0 aliphatic carbocycles. The molecular formula is C8H6ClF4NO. The van der Waals surface area contributed by atoms with Crippen LogP contribution in [0.15, 0.2) is 0 Å². The lowest BCUT2D eigenvalue weighted by Crippen LogP contribution is -2.17. The maximum Gasteiger partial charge on any atom is 0.180 e. The number of hydrogen-bond acceptors (Lipinski definition) is 2. The van der Waals surface area contributed by atoms with Gasteiger partial charge in [0.15, 0.2) is 23.3 Å². The van der Waals surface area contributed by atoms with Crippen LogP contribution in [0.25, 0.3) is 0 Å². The number of hydrogen-bond donors (Lipinski definition) is 2. The first-order chi connectivity index (χ1) is 6.91. The van der Waals surface area contributed by atoms with E-state index in [1.54, 1.807) is 0 Å². The first-order valence-corrected chi connectivity index (χ1v) is 4.19. The minimum atomic E-state index is -1.83. The maximum atomic E-state index is 13.1. The van der Waals surface area contributed by atoms with E-state index in [4.69, 9.17) is 22.4 Å². The number of halogens is 5. The van der Waals surface area contributed by atoms with Crippen LogP contribution in [0.3, 0.4) is 0 Å². The first kappa shape index (κ1) is 12.2. The zero-order valence-corrected chi connectivity index (χ0v) is 7.95. The van der Waals surface area contributed by atoms with Crippen molar-refractivity contribution in [3.05, 3.63) is 33.9 Å². The van der Waals surface area contributed by atoms with Gasteiger partial charge in [-0.2, -0.15) is 0 Å². The molecule has 0 radical (unpaired) electrons. The number of aliphatic hydroxyl groups excluding tert-OH is 1. The second-order valence-corrected chi connectivity index (χ2v) is 3.11. The van der Waals surface area contributed by atoms with E-state index in [0.717, 1.165) is 0 Å². The highest BCUT2D eigenvalue weighted by molar-refractivity contribution is 6.30.